The molecule has 2 unspecified atom stereocenters. The first-order valence-corrected chi connectivity index (χ1v) is 10.1. The van der Waals surface area contributed by atoms with Gasteiger partial charge in [-0.1, -0.05) is 16.8 Å². The number of amidine groups is 1. The Hall–Kier alpha value is -3.04. The zero-order chi connectivity index (χ0) is 22.3. The highest BCUT2D eigenvalue weighted by atomic mass is 35.5. The van der Waals surface area contributed by atoms with Crippen LogP contribution in [0.5, 0.6) is 0 Å². The van der Waals surface area contributed by atoms with E-state index in [9.17, 15) is 9.18 Å². The van der Waals surface area contributed by atoms with Crippen LogP contribution in [0.25, 0.3) is 16.9 Å². The van der Waals surface area contributed by atoms with Gasteiger partial charge in [-0.2, -0.15) is 0 Å². The minimum absolute atomic E-state index is 0.0280. The van der Waals surface area contributed by atoms with E-state index in [2.05, 4.69) is 10.1 Å². The predicted molar refractivity (Wildman–Crippen MR) is 114 cm³/mol. The van der Waals surface area contributed by atoms with E-state index < -0.39 is 11.9 Å². The van der Waals surface area contributed by atoms with E-state index in [0.29, 0.717) is 36.4 Å². The van der Waals surface area contributed by atoms with Gasteiger partial charge in [-0.25, -0.2) is 14.4 Å². The molecule has 2 aromatic heterocycles. The Balaban J connectivity index is 1.95. The van der Waals surface area contributed by atoms with Crippen molar-refractivity contribution in [1.29, 1.82) is 0 Å². The Bertz CT molecular complexity index is 1260. The lowest BCUT2D eigenvalue weighted by Crippen LogP contribution is -2.37. The summed E-state index contributed by atoms with van der Waals surface area (Å²) in [7, 11) is 0. The maximum absolute atomic E-state index is 14.8. The topological polar surface area (TPSA) is 115 Å². The molecule has 0 amide bonds. The second kappa shape index (κ2) is 8.24. The molecule has 0 saturated carbocycles. The van der Waals surface area contributed by atoms with Crippen molar-refractivity contribution in [1.82, 2.24) is 14.4 Å². The van der Waals surface area contributed by atoms with E-state index in [1.807, 2.05) is 0 Å². The van der Waals surface area contributed by atoms with E-state index in [0.717, 1.165) is 0 Å². The number of hydrogen-bond acceptors (Lipinski definition) is 6. The third-order valence-electron chi connectivity index (χ3n) is 5.63. The third-order valence-corrected chi connectivity index (χ3v) is 5.87. The van der Waals surface area contributed by atoms with Crippen molar-refractivity contribution >= 4 is 23.1 Å². The summed E-state index contributed by atoms with van der Waals surface area (Å²) in [6.07, 6.45) is 2.08. The molecule has 8 nitrogen and oxygen atoms in total. The normalized spacial score (nSPS) is 19.7. The highest BCUT2D eigenvalue weighted by Gasteiger charge is 2.29. The quantitative estimate of drug-likeness (QED) is 0.277. The number of nitrogens with two attached hydrogens (primary N) is 1. The monoisotopic (exact) mass is 445 g/mol. The number of fused-ring (bicyclic) bond motifs is 1. The van der Waals surface area contributed by atoms with Gasteiger partial charge in [0, 0.05) is 40.6 Å². The van der Waals surface area contributed by atoms with Crippen LogP contribution in [-0.4, -0.2) is 38.1 Å². The highest BCUT2D eigenvalue weighted by Crippen LogP contribution is 2.33. The molecule has 0 bridgehead atoms. The first-order chi connectivity index (χ1) is 14.8. The van der Waals surface area contributed by atoms with Crippen molar-refractivity contribution < 1.29 is 14.3 Å². The number of rotatable bonds is 3. The third kappa shape index (κ3) is 3.86. The Labute approximate surface area is 182 Å². The van der Waals surface area contributed by atoms with Gasteiger partial charge in [0.05, 0.1) is 5.69 Å². The molecule has 0 aliphatic carbocycles. The summed E-state index contributed by atoms with van der Waals surface area (Å²) >= 11 is 5.92. The van der Waals surface area contributed by atoms with Crippen molar-refractivity contribution in [2.45, 2.75) is 38.7 Å². The molecule has 2 atom stereocenters. The second-order valence-electron chi connectivity index (χ2n) is 7.57. The summed E-state index contributed by atoms with van der Waals surface area (Å²) in [5.41, 5.74) is 7.80. The first kappa shape index (κ1) is 21.2. The molecule has 0 radical (unpaired) electrons. The maximum atomic E-state index is 14.8. The molecule has 3 N–H and O–H groups in total. The van der Waals surface area contributed by atoms with Crippen molar-refractivity contribution in [2.24, 2.45) is 10.9 Å². The lowest BCUT2D eigenvalue weighted by molar-refractivity contribution is 0.0446. The van der Waals surface area contributed by atoms with Gasteiger partial charge in [-0.05, 0) is 44.9 Å². The molecule has 1 fully saturated rings. The minimum Gasteiger partial charge on any atom is -0.409 e. The molecule has 0 spiro atoms. The molecule has 1 saturated heterocycles. The van der Waals surface area contributed by atoms with Gasteiger partial charge in [-0.15, -0.1) is 0 Å². The van der Waals surface area contributed by atoms with Crippen molar-refractivity contribution in [3.63, 3.8) is 0 Å². The van der Waals surface area contributed by atoms with E-state index in [4.69, 9.17) is 32.3 Å². The summed E-state index contributed by atoms with van der Waals surface area (Å²) < 4.78 is 21.8. The number of aryl methyl sites for hydroxylation is 1. The number of halogens is 2. The number of hydrogen-bond donors (Lipinski definition) is 2. The van der Waals surface area contributed by atoms with Crippen LogP contribution in [0.15, 0.2) is 34.3 Å². The van der Waals surface area contributed by atoms with Crippen molar-refractivity contribution in [3.8, 4) is 11.3 Å². The SMILES string of the molecule is Cc1nc2c(-c3ccc(Cl)cc3F)nc(C3CCOC(/C(N)=N/O)C3)cn2c(=O)c1C. The summed E-state index contributed by atoms with van der Waals surface area (Å²) in [6, 6.07) is 4.28. The van der Waals surface area contributed by atoms with Gasteiger partial charge >= 0.3 is 0 Å². The summed E-state index contributed by atoms with van der Waals surface area (Å²) in [5.74, 6) is -0.737. The van der Waals surface area contributed by atoms with Gasteiger partial charge < -0.3 is 15.7 Å². The number of ether oxygens (including phenoxy) is 1. The lowest BCUT2D eigenvalue weighted by atomic mass is 9.92. The van der Waals surface area contributed by atoms with Crippen LogP contribution >= 0.6 is 11.6 Å². The van der Waals surface area contributed by atoms with Crippen LogP contribution in [0.3, 0.4) is 0 Å². The molecular weight excluding hydrogens is 425 g/mol. The molecule has 1 aromatic carbocycles. The van der Waals surface area contributed by atoms with E-state index in [1.165, 1.54) is 16.5 Å². The largest absolute Gasteiger partial charge is 0.409 e. The van der Waals surface area contributed by atoms with E-state index in [1.54, 1.807) is 26.1 Å². The van der Waals surface area contributed by atoms with Crippen LogP contribution in [-0.2, 0) is 4.74 Å². The maximum Gasteiger partial charge on any atom is 0.261 e. The van der Waals surface area contributed by atoms with Gasteiger partial charge in [-0.3, -0.25) is 9.20 Å². The van der Waals surface area contributed by atoms with Gasteiger partial charge in [0.2, 0.25) is 0 Å². The van der Waals surface area contributed by atoms with Gasteiger partial charge in [0.25, 0.3) is 5.56 Å². The molecule has 10 heteroatoms. The fourth-order valence-corrected chi connectivity index (χ4v) is 3.91. The standard InChI is InChI=1S/C21H21ClFN5O3/c1-10-11(2)25-20-18(14-4-3-13(22)8-15(14)23)26-16(9-28(20)21(10)29)12-5-6-31-17(7-12)19(24)27-30/h3-4,8-9,12,17,30H,5-7H2,1-2H3,(H2,24,27). The van der Waals surface area contributed by atoms with Crippen molar-refractivity contribution in [3.05, 3.63) is 62.5 Å². The Morgan fingerprint density at radius 3 is 2.87 bits per heavy atom. The highest BCUT2D eigenvalue weighted by molar-refractivity contribution is 6.30. The van der Waals surface area contributed by atoms with Crippen LogP contribution in [0.2, 0.25) is 5.02 Å². The Morgan fingerprint density at radius 2 is 2.16 bits per heavy atom. The molecular formula is C21H21ClFN5O3. The number of benzene rings is 1. The number of oxime groups is 1. The summed E-state index contributed by atoms with van der Waals surface area (Å²) in [5, 5.41) is 12.3. The molecule has 4 rings (SSSR count). The summed E-state index contributed by atoms with van der Waals surface area (Å²) in [6.45, 7) is 3.80. The fourth-order valence-electron chi connectivity index (χ4n) is 3.75. The first-order valence-electron chi connectivity index (χ1n) is 9.75. The Kier molecular flexibility index (Phi) is 5.63. The van der Waals surface area contributed by atoms with Crippen molar-refractivity contribution in [2.75, 3.05) is 6.61 Å². The van der Waals surface area contributed by atoms with Gasteiger partial charge in [0.15, 0.2) is 11.5 Å². The van der Waals surface area contributed by atoms with Gasteiger partial charge in [0.1, 0.15) is 17.6 Å². The van der Waals surface area contributed by atoms with Crippen LogP contribution in [0.4, 0.5) is 4.39 Å². The molecule has 162 valence electrons. The van der Waals surface area contributed by atoms with Crippen LogP contribution < -0.4 is 11.3 Å². The average molecular weight is 446 g/mol. The average Bonchev–Trinajstić information content (AvgIpc) is 2.77. The lowest BCUT2D eigenvalue weighted by Gasteiger charge is -2.28. The molecule has 31 heavy (non-hydrogen) atoms. The van der Waals surface area contributed by atoms with Crippen LogP contribution in [0.1, 0.15) is 35.7 Å². The zero-order valence-electron chi connectivity index (χ0n) is 17.0. The molecule has 3 aromatic rings. The van der Waals surface area contributed by atoms with E-state index >= 15 is 0 Å². The fraction of sp³-hybridized carbons (Fsp3) is 0.333. The molecule has 1 aliphatic heterocycles. The smallest absolute Gasteiger partial charge is 0.261 e. The second-order valence-corrected chi connectivity index (χ2v) is 8.00. The molecule has 1 aliphatic rings. The zero-order valence-corrected chi connectivity index (χ0v) is 17.7. The predicted octanol–water partition coefficient (Wildman–Crippen LogP) is 3.17. The van der Waals surface area contributed by atoms with E-state index in [-0.39, 0.29) is 39.2 Å². The summed E-state index contributed by atoms with van der Waals surface area (Å²) in [4.78, 5) is 22.2. The molecule has 3 heterocycles. The minimum atomic E-state index is -0.577. The van der Waals surface area contributed by atoms with Crippen LogP contribution in [0, 0.1) is 19.7 Å². The Morgan fingerprint density at radius 1 is 1.39 bits per heavy atom. The number of aromatic nitrogens is 3. The number of nitrogens with zero attached hydrogens (tertiary/aromatic N) is 4.